The Morgan fingerprint density at radius 1 is 0.623 bits per heavy atom. The van der Waals surface area contributed by atoms with Crippen molar-refractivity contribution >= 4 is 5.97 Å². The second kappa shape index (κ2) is 17.4. The first-order valence-corrected chi connectivity index (χ1v) is 17.3. The predicted molar refractivity (Wildman–Crippen MR) is 176 cm³/mol. The van der Waals surface area contributed by atoms with Gasteiger partial charge in [0.15, 0.2) is 41.7 Å². The Morgan fingerprint density at radius 3 is 1.79 bits per heavy atom. The number of carbonyl (C=O) groups is 1. The van der Waals surface area contributed by atoms with Crippen LogP contribution in [0.2, 0.25) is 0 Å². The van der Waals surface area contributed by atoms with Gasteiger partial charge in [-0.2, -0.15) is 0 Å². The minimum absolute atomic E-state index is 0.0373. The fourth-order valence-corrected chi connectivity index (χ4v) is 6.61. The molecular weight excluding hydrogens is 708 g/mol. The van der Waals surface area contributed by atoms with Crippen molar-refractivity contribution in [2.24, 2.45) is 5.92 Å². The first kappa shape index (κ1) is 40.8. The number of carbonyl (C=O) groups excluding carboxylic acids is 1. The van der Waals surface area contributed by atoms with Crippen LogP contribution in [0.15, 0.2) is 36.4 Å². The lowest BCUT2D eigenvalue weighted by molar-refractivity contribution is -0.394. The van der Waals surface area contributed by atoms with E-state index in [-0.39, 0.29) is 49.5 Å². The Kier molecular flexibility index (Phi) is 13.4. The van der Waals surface area contributed by atoms with Crippen LogP contribution < -0.4 is 0 Å². The van der Waals surface area contributed by atoms with Crippen molar-refractivity contribution in [2.75, 3.05) is 6.61 Å². The van der Waals surface area contributed by atoms with Crippen molar-refractivity contribution in [3.8, 4) is 23.0 Å². The molecule has 0 radical (unpaired) electrons. The molecule has 0 unspecified atom stereocenters. The van der Waals surface area contributed by atoms with Crippen molar-refractivity contribution in [2.45, 2.75) is 126 Å². The lowest BCUT2D eigenvalue weighted by Crippen LogP contribution is -2.63. The minimum Gasteiger partial charge on any atom is -0.504 e. The highest BCUT2D eigenvalue weighted by Crippen LogP contribution is 2.38. The Morgan fingerprint density at radius 2 is 1.19 bits per heavy atom. The third-order valence-corrected chi connectivity index (χ3v) is 9.85. The number of aliphatic hydroxyl groups is 7. The van der Waals surface area contributed by atoms with Crippen molar-refractivity contribution in [3.63, 3.8) is 0 Å². The Bertz CT molecular complexity index is 1530. The Balaban J connectivity index is 1.43. The topological polar surface area (TPSA) is 295 Å². The summed E-state index contributed by atoms with van der Waals surface area (Å²) in [5, 5.41) is 114. The van der Waals surface area contributed by atoms with Crippen LogP contribution in [0.25, 0.3) is 0 Å². The number of hydrogen-bond acceptors (Lipinski definition) is 18. The van der Waals surface area contributed by atoms with E-state index >= 15 is 0 Å². The first-order valence-electron chi connectivity index (χ1n) is 17.3. The second-order valence-electron chi connectivity index (χ2n) is 13.7. The molecule has 18 nitrogen and oxygen atoms in total. The molecule has 0 aromatic heterocycles. The lowest BCUT2D eigenvalue weighted by Gasteiger charge is -2.48. The van der Waals surface area contributed by atoms with Crippen LogP contribution in [0.5, 0.6) is 23.0 Å². The number of aromatic hydroxyl groups is 4. The van der Waals surface area contributed by atoms with Gasteiger partial charge in [0, 0.05) is 12.3 Å². The van der Waals surface area contributed by atoms with E-state index in [1.165, 1.54) is 50.2 Å². The van der Waals surface area contributed by atoms with Gasteiger partial charge in [-0.25, -0.2) is 0 Å². The molecule has 0 amide bonds. The van der Waals surface area contributed by atoms with Gasteiger partial charge in [0.25, 0.3) is 0 Å². The zero-order valence-electron chi connectivity index (χ0n) is 28.9. The average molecular weight is 757 g/mol. The molecule has 0 bridgehead atoms. The number of phenolic OH excluding ortho intramolecular Hbond substituents is 4. The summed E-state index contributed by atoms with van der Waals surface area (Å²) in [5.74, 6) is -3.57. The van der Waals surface area contributed by atoms with E-state index in [0.717, 1.165) is 0 Å². The number of hydrogen-bond donors (Lipinski definition) is 11. The SMILES string of the molecule is C[C@@H]1O[C@H](C[C@@H]2[C@H](O)[C@H](OCCc3ccc(O)c(O)c3)O[C@H](O[C@@H]3O[C@H](C)[C@H](O)[C@H](O)[C@@H]3O)[C@@H]2OC(=O)CCc2ccc(O)c(O)c2)[C@H](O)[C@H](O)[C@@H]1O. The molecule has 11 N–H and O–H groups in total. The van der Waals surface area contributed by atoms with Gasteiger partial charge in [-0.3, -0.25) is 4.79 Å². The fraction of sp³-hybridized carbons (Fsp3) is 0.629. The van der Waals surface area contributed by atoms with Crippen molar-refractivity contribution in [1.82, 2.24) is 0 Å². The zero-order valence-corrected chi connectivity index (χ0v) is 28.9. The fourth-order valence-electron chi connectivity index (χ4n) is 6.61. The number of rotatable bonds is 12. The van der Waals surface area contributed by atoms with Crippen LogP contribution in [0.4, 0.5) is 0 Å². The molecule has 3 fully saturated rings. The summed E-state index contributed by atoms with van der Waals surface area (Å²) in [5.41, 5.74) is 1.02. The Hall–Kier alpha value is -3.37. The maximum atomic E-state index is 13.4. The lowest BCUT2D eigenvalue weighted by atomic mass is 9.83. The standard InChI is InChI=1S/C35H48O18/c1-14-25(41)29(45)28(44)23(49-14)13-18-27(43)33(48-10-9-17-4-7-20(37)22(39)12-17)52-35(53-34-31(47)30(46)26(42)15(2)50-34)32(18)51-24(40)8-5-16-3-6-19(36)21(38)11-16/h3-4,6-7,11-12,14-15,18,23,25-39,41-47H,5,8-10,13H2,1-2H3/t14-,15+,18+,23+,25+,26-,27-,28-,29+,30-,31-,32+,33+,34-,35+/m0/s1. The summed E-state index contributed by atoms with van der Waals surface area (Å²) in [6.45, 7) is 2.75. The van der Waals surface area contributed by atoms with Gasteiger partial charge in [-0.1, -0.05) is 12.1 Å². The highest BCUT2D eigenvalue weighted by atomic mass is 16.8. The molecule has 18 heteroatoms. The molecule has 0 aliphatic carbocycles. The Labute approximate surface area is 303 Å². The van der Waals surface area contributed by atoms with Gasteiger partial charge < -0.3 is 84.6 Å². The van der Waals surface area contributed by atoms with Crippen molar-refractivity contribution < 1.29 is 89.4 Å². The molecule has 3 aliphatic heterocycles. The monoisotopic (exact) mass is 756 g/mol. The number of aliphatic hydroxyl groups excluding tert-OH is 7. The molecule has 0 spiro atoms. The zero-order chi connectivity index (χ0) is 38.7. The number of aryl methyl sites for hydroxylation is 1. The summed E-state index contributed by atoms with van der Waals surface area (Å²) < 4.78 is 35.1. The maximum Gasteiger partial charge on any atom is 0.306 e. The quantitative estimate of drug-likeness (QED) is 0.0856. The molecule has 3 aliphatic rings. The van der Waals surface area contributed by atoms with Gasteiger partial charge in [0.1, 0.15) is 42.7 Å². The molecule has 2 aromatic rings. The summed E-state index contributed by atoms with van der Waals surface area (Å²) >= 11 is 0. The van der Waals surface area contributed by atoms with E-state index in [9.17, 15) is 61.0 Å². The molecule has 3 heterocycles. The third-order valence-electron chi connectivity index (χ3n) is 9.85. The van der Waals surface area contributed by atoms with Crippen LogP contribution in [0, 0.1) is 5.92 Å². The summed E-state index contributed by atoms with van der Waals surface area (Å²) in [4.78, 5) is 13.4. The van der Waals surface area contributed by atoms with E-state index in [1.54, 1.807) is 0 Å². The first-order chi connectivity index (χ1) is 25.0. The van der Waals surface area contributed by atoms with Crippen molar-refractivity contribution in [1.29, 1.82) is 0 Å². The summed E-state index contributed by atoms with van der Waals surface area (Å²) in [7, 11) is 0. The van der Waals surface area contributed by atoms with Crippen LogP contribution >= 0.6 is 0 Å². The minimum atomic E-state index is -1.82. The van der Waals surface area contributed by atoms with Gasteiger partial charge in [-0.15, -0.1) is 0 Å². The third kappa shape index (κ3) is 9.48. The molecule has 5 rings (SSSR count). The molecule has 53 heavy (non-hydrogen) atoms. The van der Waals surface area contributed by atoms with Gasteiger partial charge in [0.05, 0.1) is 24.9 Å². The van der Waals surface area contributed by atoms with E-state index in [2.05, 4.69) is 0 Å². The van der Waals surface area contributed by atoms with E-state index < -0.39 is 104 Å². The normalized spacial score (nSPS) is 37.6. The summed E-state index contributed by atoms with van der Waals surface area (Å²) in [6.07, 6.45) is -21.6. The van der Waals surface area contributed by atoms with E-state index in [0.29, 0.717) is 11.1 Å². The highest BCUT2D eigenvalue weighted by molar-refractivity contribution is 5.70. The van der Waals surface area contributed by atoms with E-state index in [4.69, 9.17) is 28.4 Å². The average Bonchev–Trinajstić information content (AvgIpc) is 3.12. The molecule has 2 aromatic carbocycles. The largest absolute Gasteiger partial charge is 0.504 e. The molecular formula is C35H48O18. The van der Waals surface area contributed by atoms with Crippen LogP contribution in [0.3, 0.4) is 0 Å². The second-order valence-corrected chi connectivity index (χ2v) is 13.7. The van der Waals surface area contributed by atoms with Crippen LogP contribution in [-0.2, 0) is 46.1 Å². The van der Waals surface area contributed by atoms with Crippen molar-refractivity contribution in [3.05, 3.63) is 47.5 Å². The number of esters is 1. The number of phenols is 4. The van der Waals surface area contributed by atoms with Crippen LogP contribution in [-0.4, -0.2) is 155 Å². The van der Waals surface area contributed by atoms with Gasteiger partial charge in [0.2, 0.25) is 6.29 Å². The highest BCUT2D eigenvalue weighted by Gasteiger charge is 2.54. The van der Waals surface area contributed by atoms with Gasteiger partial charge >= 0.3 is 5.97 Å². The smallest absolute Gasteiger partial charge is 0.306 e. The number of benzene rings is 2. The molecule has 3 saturated heterocycles. The molecule has 0 saturated carbocycles. The summed E-state index contributed by atoms with van der Waals surface area (Å²) in [6, 6.07) is 8.12. The van der Waals surface area contributed by atoms with Gasteiger partial charge in [-0.05, 0) is 68.5 Å². The number of ether oxygens (including phenoxy) is 6. The van der Waals surface area contributed by atoms with Crippen LogP contribution in [0.1, 0.15) is 37.8 Å². The molecule has 296 valence electrons. The van der Waals surface area contributed by atoms with E-state index in [1.807, 2.05) is 0 Å². The maximum absolute atomic E-state index is 13.4. The molecule has 15 atom stereocenters. The predicted octanol–water partition coefficient (Wildman–Crippen LogP) is -1.62.